The number of hydrogen-bond acceptors (Lipinski definition) is 8. The van der Waals surface area contributed by atoms with E-state index in [9.17, 15) is 13.2 Å². The van der Waals surface area contributed by atoms with E-state index in [-0.39, 0.29) is 42.8 Å². The number of nitrogens with zero attached hydrogens (tertiary/aromatic N) is 3. The lowest BCUT2D eigenvalue weighted by Gasteiger charge is -2.21. The molecule has 36 heavy (non-hydrogen) atoms. The average Bonchev–Trinajstić information content (AvgIpc) is 3.30. The van der Waals surface area contributed by atoms with Crippen LogP contribution in [0.1, 0.15) is 47.1 Å². The fraction of sp³-hybridized carbons (Fsp3) is 0.400. The highest BCUT2D eigenvalue weighted by Gasteiger charge is 2.24. The van der Waals surface area contributed by atoms with Crippen LogP contribution in [0.2, 0.25) is 0 Å². The standard InChI is InChI=1S/C25H32N4O6S/c1-18(2)20-7-5-19(6-8-20)17-23-27-28-25(35-23)26-24(30)21-9-11-22(12-10-21)36(31,32)29(13-15-33-3)14-16-34-4/h5-12,18H,13-17H2,1-4H3,(H,26,28,30). The first kappa shape index (κ1) is 27.5. The highest BCUT2D eigenvalue weighted by molar-refractivity contribution is 7.89. The summed E-state index contributed by atoms with van der Waals surface area (Å²) >= 11 is 0. The Kier molecular flexibility index (Phi) is 9.71. The fourth-order valence-corrected chi connectivity index (χ4v) is 4.81. The van der Waals surface area contributed by atoms with Crippen LogP contribution in [0.15, 0.2) is 57.8 Å². The maximum absolute atomic E-state index is 13.0. The van der Waals surface area contributed by atoms with Crippen molar-refractivity contribution in [1.82, 2.24) is 14.5 Å². The molecule has 1 heterocycles. The smallest absolute Gasteiger partial charge is 0.322 e. The van der Waals surface area contributed by atoms with Gasteiger partial charge in [0.2, 0.25) is 15.9 Å². The van der Waals surface area contributed by atoms with Gasteiger partial charge in [0.15, 0.2) is 0 Å². The van der Waals surface area contributed by atoms with Crippen molar-refractivity contribution < 1.29 is 27.1 Å². The first-order valence-corrected chi connectivity index (χ1v) is 13.0. The molecule has 0 unspecified atom stereocenters. The number of sulfonamides is 1. The zero-order valence-electron chi connectivity index (χ0n) is 20.9. The summed E-state index contributed by atoms with van der Waals surface area (Å²) in [6, 6.07) is 13.8. The van der Waals surface area contributed by atoms with Crippen molar-refractivity contribution in [3.05, 3.63) is 71.1 Å². The van der Waals surface area contributed by atoms with Gasteiger partial charge in [-0.15, -0.1) is 5.10 Å². The van der Waals surface area contributed by atoms with E-state index in [1.165, 1.54) is 48.4 Å². The fourth-order valence-electron chi connectivity index (χ4n) is 3.41. The summed E-state index contributed by atoms with van der Waals surface area (Å²) in [5, 5.41) is 10.4. The Labute approximate surface area is 211 Å². The summed E-state index contributed by atoms with van der Waals surface area (Å²) in [6.45, 7) is 5.14. The van der Waals surface area contributed by atoms with E-state index in [2.05, 4.69) is 41.5 Å². The number of methoxy groups -OCH3 is 2. The van der Waals surface area contributed by atoms with Crippen LogP contribution in [0.5, 0.6) is 0 Å². The monoisotopic (exact) mass is 516 g/mol. The number of rotatable bonds is 13. The molecule has 1 N–H and O–H groups in total. The van der Waals surface area contributed by atoms with Crippen molar-refractivity contribution in [2.75, 3.05) is 45.8 Å². The predicted molar refractivity (Wildman–Crippen MR) is 135 cm³/mol. The second-order valence-electron chi connectivity index (χ2n) is 8.44. The number of hydrogen-bond donors (Lipinski definition) is 1. The van der Waals surface area contributed by atoms with E-state index >= 15 is 0 Å². The van der Waals surface area contributed by atoms with Gasteiger partial charge < -0.3 is 13.9 Å². The summed E-state index contributed by atoms with van der Waals surface area (Å²) in [4.78, 5) is 12.7. The van der Waals surface area contributed by atoms with Gasteiger partial charge in [0, 0.05) is 32.9 Å². The molecular formula is C25H32N4O6S. The first-order chi connectivity index (χ1) is 17.2. The lowest BCUT2D eigenvalue weighted by Crippen LogP contribution is -2.36. The zero-order valence-corrected chi connectivity index (χ0v) is 21.7. The van der Waals surface area contributed by atoms with Gasteiger partial charge in [0.05, 0.1) is 24.5 Å². The highest BCUT2D eigenvalue weighted by atomic mass is 32.2. The molecule has 0 spiro atoms. The van der Waals surface area contributed by atoms with E-state index in [1.54, 1.807) is 0 Å². The van der Waals surface area contributed by atoms with Crippen LogP contribution >= 0.6 is 0 Å². The number of carbonyl (C=O) groups excluding carboxylic acids is 1. The molecule has 0 fully saturated rings. The topological polar surface area (TPSA) is 124 Å². The second-order valence-corrected chi connectivity index (χ2v) is 10.4. The Bertz CT molecular complexity index is 1220. The van der Waals surface area contributed by atoms with Gasteiger partial charge in [-0.3, -0.25) is 10.1 Å². The molecule has 0 atom stereocenters. The number of aromatic nitrogens is 2. The molecule has 0 bridgehead atoms. The van der Waals surface area contributed by atoms with Gasteiger partial charge in [-0.1, -0.05) is 43.2 Å². The molecule has 0 aliphatic rings. The van der Waals surface area contributed by atoms with Gasteiger partial charge in [-0.05, 0) is 41.3 Å². The van der Waals surface area contributed by atoms with Gasteiger partial charge in [-0.25, -0.2) is 8.42 Å². The summed E-state index contributed by atoms with van der Waals surface area (Å²) in [5.74, 6) is 0.325. The first-order valence-electron chi connectivity index (χ1n) is 11.5. The summed E-state index contributed by atoms with van der Waals surface area (Å²) in [7, 11) is -0.770. The molecule has 11 heteroatoms. The van der Waals surface area contributed by atoms with Crippen LogP contribution in [0.25, 0.3) is 0 Å². The molecule has 2 aromatic carbocycles. The van der Waals surface area contributed by atoms with E-state index in [1.807, 2.05) is 12.1 Å². The molecule has 0 saturated carbocycles. The molecule has 10 nitrogen and oxygen atoms in total. The minimum absolute atomic E-state index is 0.0317. The summed E-state index contributed by atoms with van der Waals surface area (Å²) in [6.07, 6.45) is 0.441. The molecule has 3 aromatic rings. The van der Waals surface area contributed by atoms with Crippen molar-refractivity contribution >= 4 is 21.9 Å². The van der Waals surface area contributed by atoms with E-state index in [4.69, 9.17) is 13.9 Å². The van der Waals surface area contributed by atoms with Crippen molar-refractivity contribution in [2.45, 2.75) is 31.1 Å². The molecule has 1 amide bonds. The Morgan fingerprint density at radius 2 is 1.58 bits per heavy atom. The number of amides is 1. The van der Waals surface area contributed by atoms with Crippen molar-refractivity contribution in [1.29, 1.82) is 0 Å². The Balaban J connectivity index is 1.64. The average molecular weight is 517 g/mol. The maximum Gasteiger partial charge on any atom is 0.322 e. The Hall–Kier alpha value is -3.12. The molecule has 0 radical (unpaired) electrons. The number of anilines is 1. The molecular weight excluding hydrogens is 484 g/mol. The quantitative estimate of drug-likeness (QED) is 0.367. The van der Waals surface area contributed by atoms with Crippen LogP contribution < -0.4 is 5.32 Å². The second kappa shape index (κ2) is 12.7. The van der Waals surface area contributed by atoms with E-state index < -0.39 is 15.9 Å². The third kappa shape index (κ3) is 7.20. The number of nitrogens with one attached hydrogen (secondary N) is 1. The summed E-state index contributed by atoms with van der Waals surface area (Å²) in [5.41, 5.74) is 2.51. The van der Waals surface area contributed by atoms with Gasteiger partial charge >= 0.3 is 6.01 Å². The van der Waals surface area contributed by atoms with Crippen LogP contribution in [-0.4, -0.2) is 69.4 Å². The lowest BCUT2D eigenvalue weighted by molar-refractivity contribution is 0.102. The minimum Gasteiger partial charge on any atom is -0.407 e. The largest absolute Gasteiger partial charge is 0.407 e. The summed E-state index contributed by atoms with van der Waals surface area (Å²) < 4.78 is 42.9. The molecule has 194 valence electrons. The van der Waals surface area contributed by atoms with Crippen LogP contribution in [0.3, 0.4) is 0 Å². The van der Waals surface area contributed by atoms with Gasteiger partial charge in [0.1, 0.15) is 0 Å². The molecule has 1 aromatic heterocycles. The molecule has 3 rings (SSSR count). The van der Waals surface area contributed by atoms with Crippen LogP contribution in [-0.2, 0) is 25.9 Å². The molecule has 0 aliphatic carbocycles. The van der Waals surface area contributed by atoms with Crippen molar-refractivity contribution in [3.63, 3.8) is 0 Å². The minimum atomic E-state index is -3.78. The predicted octanol–water partition coefficient (Wildman–Crippen LogP) is 3.32. The number of carbonyl (C=O) groups is 1. The maximum atomic E-state index is 13.0. The third-order valence-corrected chi connectivity index (χ3v) is 7.45. The van der Waals surface area contributed by atoms with E-state index in [0.717, 1.165) is 5.56 Å². The highest BCUT2D eigenvalue weighted by Crippen LogP contribution is 2.19. The Morgan fingerprint density at radius 3 is 2.14 bits per heavy atom. The van der Waals surface area contributed by atoms with Gasteiger partial charge in [-0.2, -0.15) is 4.31 Å². The third-order valence-electron chi connectivity index (χ3n) is 5.53. The van der Waals surface area contributed by atoms with Crippen molar-refractivity contribution in [2.24, 2.45) is 0 Å². The van der Waals surface area contributed by atoms with E-state index in [0.29, 0.717) is 18.2 Å². The van der Waals surface area contributed by atoms with Gasteiger partial charge in [0.25, 0.3) is 5.91 Å². The number of benzene rings is 2. The normalized spacial score (nSPS) is 11.8. The van der Waals surface area contributed by atoms with Crippen molar-refractivity contribution in [3.8, 4) is 0 Å². The van der Waals surface area contributed by atoms with Crippen LogP contribution in [0.4, 0.5) is 6.01 Å². The SMILES string of the molecule is COCCN(CCOC)S(=O)(=O)c1ccc(C(=O)Nc2nnc(Cc3ccc(C(C)C)cc3)o2)cc1. The lowest BCUT2D eigenvalue weighted by atomic mass is 10.0. The Morgan fingerprint density at radius 1 is 0.972 bits per heavy atom. The number of ether oxygens (including phenoxy) is 2. The zero-order chi connectivity index (χ0) is 26.1. The molecule has 0 aliphatic heterocycles. The van der Waals surface area contributed by atoms with Crippen LogP contribution in [0, 0.1) is 0 Å². The molecule has 0 saturated heterocycles.